The highest BCUT2D eigenvalue weighted by molar-refractivity contribution is 7.80. The number of hydrogen-bond donors (Lipinski definition) is 2. The molecule has 5 nitrogen and oxygen atoms in total. The molecule has 4 aromatic rings. The molecule has 160 valence electrons. The smallest absolute Gasteiger partial charge is 0.260 e. The average molecular weight is 443 g/mol. The number of anilines is 1. The number of rotatable bonds is 6. The number of carbonyl (C=O) groups excluding carboxylic acids is 1. The number of ether oxygens (including phenoxy) is 1. The Balaban J connectivity index is 1.36. The minimum Gasteiger partial charge on any atom is -0.489 e. The lowest BCUT2D eigenvalue weighted by Crippen LogP contribution is -2.34. The van der Waals surface area contributed by atoms with Gasteiger partial charge in [-0.2, -0.15) is 0 Å². The highest BCUT2D eigenvalue weighted by Gasteiger charge is 2.17. The van der Waals surface area contributed by atoms with E-state index in [-0.39, 0.29) is 11.0 Å². The van der Waals surface area contributed by atoms with E-state index in [1.54, 1.807) is 13.0 Å². The summed E-state index contributed by atoms with van der Waals surface area (Å²) >= 11 is 5.33. The van der Waals surface area contributed by atoms with Crippen LogP contribution in [0.3, 0.4) is 0 Å². The van der Waals surface area contributed by atoms with Crippen molar-refractivity contribution in [2.45, 2.75) is 13.5 Å². The van der Waals surface area contributed by atoms with Crippen LogP contribution in [-0.4, -0.2) is 11.0 Å². The Labute approximate surface area is 192 Å². The van der Waals surface area contributed by atoms with Crippen LogP contribution in [0.4, 0.5) is 5.69 Å². The molecule has 1 heterocycles. The molecule has 32 heavy (non-hydrogen) atoms. The van der Waals surface area contributed by atoms with Gasteiger partial charge in [0.25, 0.3) is 5.91 Å². The lowest BCUT2D eigenvalue weighted by molar-refractivity contribution is 0.0976. The number of carbonyl (C=O) groups is 1. The standard InChI is InChI=1S/C26H22N2O3S/c1-18-23(16-24(31-18)20-11-6-3-7-12-20)25(29)28-26(32)27-21-13-8-14-22(15-21)30-17-19-9-4-2-5-10-19/h2-16H,17H2,1H3,(H2,27,28,29,32). The molecule has 4 rings (SSSR count). The van der Waals surface area contributed by atoms with Crippen LogP contribution in [0, 0.1) is 6.92 Å². The second-order valence-electron chi connectivity index (χ2n) is 7.16. The van der Waals surface area contributed by atoms with Crippen molar-refractivity contribution in [3.8, 4) is 17.1 Å². The van der Waals surface area contributed by atoms with Crippen molar-refractivity contribution in [3.05, 3.63) is 108 Å². The maximum absolute atomic E-state index is 12.7. The van der Waals surface area contributed by atoms with Gasteiger partial charge in [-0.25, -0.2) is 0 Å². The largest absolute Gasteiger partial charge is 0.489 e. The van der Waals surface area contributed by atoms with E-state index in [0.29, 0.717) is 29.4 Å². The van der Waals surface area contributed by atoms with Crippen molar-refractivity contribution in [1.82, 2.24) is 5.32 Å². The summed E-state index contributed by atoms with van der Waals surface area (Å²) in [4.78, 5) is 12.7. The Bertz CT molecular complexity index is 1220. The van der Waals surface area contributed by atoms with Crippen LogP contribution in [0.2, 0.25) is 0 Å². The van der Waals surface area contributed by atoms with Gasteiger partial charge in [0.1, 0.15) is 23.9 Å². The van der Waals surface area contributed by atoms with Gasteiger partial charge in [-0.05, 0) is 42.9 Å². The number of hydrogen-bond acceptors (Lipinski definition) is 4. The minimum absolute atomic E-state index is 0.192. The van der Waals surface area contributed by atoms with E-state index >= 15 is 0 Å². The summed E-state index contributed by atoms with van der Waals surface area (Å²) in [6.45, 7) is 2.22. The van der Waals surface area contributed by atoms with Crippen LogP contribution in [-0.2, 0) is 6.61 Å². The molecular formula is C26H22N2O3S. The first kappa shape index (κ1) is 21.3. The van der Waals surface area contributed by atoms with Crippen LogP contribution in [0.1, 0.15) is 21.7 Å². The Kier molecular flexibility index (Phi) is 6.63. The molecule has 6 heteroatoms. The van der Waals surface area contributed by atoms with Gasteiger partial charge in [-0.3, -0.25) is 10.1 Å². The third kappa shape index (κ3) is 5.42. The highest BCUT2D eigenvalue weighted by Crippen LogP contribution is 2.25. The van der Waals surface area contributed by atoms with Gasteiger partial charge >= 0.3 is 0 Å². The van der Waals surface area contributed by atoms with E-state index in [2.05, 4.69) is 10.6 Å². The normalized spacial score (nSPS) is 10.4. The van der Waals surface area contributed by atoms with E-state index in [1.165, 1.54) is 0 Å². The summed E-state index contributed by atoms with van der Waals surface area (Å²) in [6.07, 6.45) is 0. The molecule has 1 amide bonds. The number of aryl methyl sites for hydroxylation is 1. The predicted octanol–water partition coefficient (Wildman–Crippen LogP) is 5.96. The fourth-order valence-corrected chi connectivity index (χ4v) is 3.40. The number of thiocarbonyl (C=S) groups is 1. The molecule has 0 aliphatic rings. The zero-order valence-corrected chi connectivity index (χ0v) is 18.3. The molecule has 0 bridgehead atoms. The van der Waals surface area contributed by atoms with Crippen molar-refractivity contribution in [1.29, 1.82) is 0 Å². The van der Waals surface area contributed by atoms with Crippen LogP contribution in [0.5, 0.6) is 5.75 Å². The third-order valence-electron chi connectivity index (χ3n) is 4.79. The second-order valence-corrected chi connectivity index (χ2v) is 7.57. The summed E-state index contributed by atoms with van der Waals surface area (Å²) in [5, 5.41) is 5.93. The molecular weight excluding hydrogens is 420 g/mol. The topological polar surface area (TPSA) is 63.5 Å². The molecule has 0 saturated heterocycles. The van der Waals surface area contributed by atoms with Crippen molar-refractivity contribution < 1.29 is 13.9 Å². The SMILES string of the molecule is Cc1oc(-c2ccccc2)cc1C(=O)NC(=S)Nc1cccc(OCc2ccccc2)c1. The zero-order valence-electron chi connectivity index (χ0n) is 17.5. The van der Waals surface area contributed by atoms with Gasteiger partial charge in [0.05, 0.1) is 5.56 Å². The summed E-state index contributed by atoms with van der Waals surface area (Å²) in [5.74, 6) is 1.53. The lowest BCUT2D eigenvalue weighted by Gasteiger charge is -2.11. The fourth-order valence-electron chi connectivity index (χ4n) is 3.19. The Morgan fingerprint density at radius 2 is 1.66 bits per heavy atom. The van der Waals surface area contributed by atoms with Gasteiger partial charge in [-0.1, -0.05) is 66.7 Å². The average Bonchev–Trinajstić information content (AvgIpc) is 3.21. The summed E-state index contributed by atoms with van der Waals surface area (Å²) < 4.78 is 11.6. The Morgan fingerprint density at radius 3 is 2.41 bits per heavy atom. The van der Waals surface area contributed by atoms with Gasteiger partial charge < -0.3 is 14.5 Å². The molecule has 0 fully saturated rings. The van der Waals surface area contributed by atoms with E-state index in [9.17, 15) is 4.79 Å². The van der Waals surface area contributed by atoms with Crippen molar-refractivity contribution >= 4 is 28.9 Å². The number of furan rings is 1. The van der Waals surface area contributed by atoms with Gasteiger partial charge in [-0.15, -0.1) is 0 Å². The van der Waals surface area contributed by atoms with Gasteiger partial charge in [0.2, 0.25) is 0 Å². The molecule has 3 aromatic carbocycles. The molecule has 0 radical (unpaired) electrons. The molecule has 0 saturated carbocycles. The van der Waals surface area contributed by atoms with Crippen molar-refractivity contribution in [3.63, 3.8) is 0 Å². The third-order valence-corrected chi connectivity index (χ3v) is 4.99. The number of benzene rings is 3. The van der Waals surface area contributed by atoms with Gasteiger partial charge in [0.15, 0.2) is 5.11 Å². The number of nitrogens with one attached hydrogen (secondary N) is 2. The van der Waals surface area contributed by atoms with E-state index in [0.717, 1.165) is 16.8 Å². The molecule has 0 spiro atoms. The van der Waals surface area contributed by atoms with E-state index in [4.69, 9.17) is 21.4 Å². The monoisotopic (exact) mass is 442 g/mol. The molecule has 0 aliphatic carbocycles. The minimum atomic E-state index is -0.331. The van der Waals surface area contributed by atoms with Crippen LogP contribution in [0.25, 0.3) is 11.3 Å². The Hall–Kier alpha value is -3.90. The van der Waals surface area contributed by atoms with Crippen molar-refractivity contribution in [2.75, 3.05) is 5.32 Å². The maximum Gasteiger partial charge on any atom is 0.260 e. The van der Waals surface area contributed by atoms with E-state index < -0.39 is 0 Å². The molecule has 1 aromatic heterocycles. The molecule has 0 atom stereocenters. The quantitative estimate of drug-likeness (QED) is 0.361. The van der Waals surface area contributed by atoms with E-state index in [1.807, 2.05) is 84.9 Å². The first-order valence-corrected chi connectivity index (χ1v) is 10.5. The Morgan fingerprint density at radius 1 is 0.938 bits per heavy atom. The van der Waals surface area contributed by atoms with Crippen molar-refractivity contribution in [2.24, 2.45) is 0 Å². The maximum atomic E-state index is 12.7. The van der Waals surface area contributed by atoms with Crippen LogP contribution >= 0.6 is 12.2 Å². The summed E-state index contributed by atoms with van der Waals surface area (Å²) in [5.41, 5.74) is 3.14. The summed E-state index contributed by atoms with van der Waals surface area (Å²) in [6, 6.07) is 28.7. The predicted molar refractivity (Wildman–Crippen MR) is 130 cm³/mol. The zero-order chi connectivity index (χ0) is 22.3. The molecule has 0 aliphatic heterocycles. The van der Waals surface area contributed by atoms with Crippen LogP contribution < -0.4 is 15.4 Å². The van der Waals surface area contributed by atoms with Gasteiger partial charge in [0, 0.05) is 17.3 Å². The first-order valence-electron chi connectivity index (χ1n) is 10.1. The fraction of sp³-hybridized carbons (Fsp3) is 0.0769. The lowest BCUT2D eigenvalue weighted by atomic mass is 10.1. The molecule has 0 unspecified atom stereocenters. The number of amides is 1. The first-order chi connectivity index (χ1) is 15.6. The highest BCUT2D eigenvalue weighted by atomic mass is 32.1. The summed E-state index contributed by atoms with van der Waals surface area (Å²) in [7, 11) is 0. The second kappa shape index (κ2) is 9.94. The molecule has 2 N–H and O–H groups in total. The van der Waals surface area contributed by atoms with Crippen LogP contribution in [0.15, 0.2) is 95.4 Å².